The van der Waals surface area contributed by atoms with Gasteiger partial charge in [-0.3, -0.25) is 4.79 Å². The van der Waals surface area contributed by atoms with E-state index in [1.54, 1.807) is 6.07 Å². The molecule has 1 aliphatic rings. The summed E-state index contributed by atoms with van der Waals surface area (Å²) in [7, 11) is 0. The molecule has 110 valence electrons. The number of fused-ring (bicyclic) bond motifs is 1. The number of para-hydroxylation sites is 1. The van der Waals surface area contributed by atoms with Crippen molar-refractivity contribution in [2.75, 3.05) is 19.6 Å². The van der Waals surface area contributed by atoms with E-state index < -0.39 is 0 Å². The summed E-state index contributed by atoms with van der Waals surface area (Å²) < 4.78 is 1.90. The van der Waals surface area contributed by atoms with Gasteiger partial charge in [0.1, 0.15) is 0 Å². The molecule has 3 rings (SSSR count). The van der Waals surface area contributed by atoms with Crippen LogP contribution in [-0.2, 0) is 6.54 Å². The Balaban J connectivity index is 1.60. The van der Waals surface area contributed by atoms with Gasteiger partial charge in [-0.15, -0.1) is 6.58 Å². The Hall–Kier alpha value is -1.87. The number of aryl methyl sites for hydroxylation is 1. The largest absolute Gasteiger partial charge is 0.308 e. The SMILES string of the molecule is C=CCC1CN(CCCn2c(=O)ccc3ccccc32)C1. The number of pyridine rings is 1. The van der Waals surface area contributed by atoms with Crippen molar-refractivity contribution in [3.05, 3.63) is 59.4 Å². The molecule has 2 aromatic rings. The number of hydrogen-bond acceptors (Lipinski definition) is 2. The molecule has 3 nitrogen and oxygen atoms in total. The second-order valence-electron chi connectivity index (χ2n) is 5.89. The molecule has 1 aromatic carbocycles. The van der Waals surface area contributed by atoms with Crippen LogP contribution in [0.25, 0.3) is 10.9 Å². The van der Waals surface area contributed by atoms with Crippen molar-refractivity contribution >= 4 is 10.9 Å². The normalized spacial score (nSPS) is 16.0. The van der Waals surface area contributed by atoms with Gasteiger partial charge in [-0.2, -0.15) is 0 Å². The third kappa shape index (κ3) is 3.08. The maximum Gasteiger partial charge on any atom is 0.251 e. The summed E-state index contributed by atoms with van der Waals surface area (Å²) >= 11 is 0. The Bertz CT molecular complexity index is 683. The van der Waals surface area contributed by atoms with Gasteiger partial charge >= 0.3 is 0 Å². The summed E-state index contributed by atoms with van der Waals surface area (Å²) in [5.41, 5.74) is 1.14. The minimum Gasteiger partial charge on any atom is -0.308 e. The number of rotatable bonds is 6. The quantitative estimate of drug-likeness (QED) is 0.761. The van der Waals surface area contributed by atoms with E-state index in [1.165, 1.54) is 13.1 Å². The lowest BCUT2D eigenvalue weighted by Crippen LogP contribution is -2.46. The van der Waals surface area contributed by atoms with Crippen molar-refractivity contribution in [2.45, 2.75) is 19.4 Å². The molecule has 1 fully saturated rings. The summed E-state index contributed by atoms with van der Waals surface area (Å²) in [5.74, 6) is 0.794. The fourth-order valence-electron chi connectivity index (χ4n) is 3.17. The molecule has 2 heterocycles. The zero-order valence-electron chi connectivity index (χ0n) is 12.4. The smallest absolute Gasteiger partial charge is 0.251 e. The molecule has 0 unspecified atom stereocenters. The monoisotopic (exact) mass is 282 g/mol. The molecule has 0 spiro atoms. The highest BCUT2D eigenvalue weighted by Gasteiger charge is 2.24. The Labute approximate surface area is 125 Å². The molecular formula is C18H22N2O. The molecule has 1 saturated heterocycles. The van der Waals surface area contributed by atoms with E-state index in [9.17, 15) is 4.79 Å². The number of aromatic nitrogens is 1. The average Bonchev–Trinajstić information content (AvgIpc) is 2.46. The highest BCUT2D eigenvalue weighted by Crippen LogP contribution is 2.19. The van der Waals surface area contributed by atoms with Crippen molar-refractivity contribution in [3.63, 3.8) is 0 Å². The van der Waals surface area contributed by atoms with E-state index in [1.807, 2.05) is 34.9 Å². The van der Waals surface area contributed by atoms with Crippen molar-refractivity contribution in [1.29, 1.82) is 0 Å². The first-order valence-corrected chi connectivity index (χ1v) is 7.70. The Morgan fingerprint density at radius 2 is 1.95 bits per heavy atom. The fraction of sp³-hybridized carbons (Fsp3) is 0.389. The molecule has 0 atom stereocenters. The Kier molecular flexibility index (Phi) is 4.20. The van der Waals surface area contributed by atoms with Crippen LogP contribution in [-0.4, -0.2) is 29.1 Å². The second-order valence-corrected chi connectivity index (χ2v) is 5.89. The lowest BCUT2D eigenvalue weighted by atomic mass is 9.96. The van der Waals surface area contributed by atoms with Gasteiger partial charge in [-0.1, -0.05) is 24.3 Å². The van der Waals surface area contributed by atoms with Crippen molar-refractivity contribution in [1.82, 2.24) is 9.47 Å². The van der Waals surface area contributed by atoms with E-state index in [2.05, 4.69) is 17.5 Å². The molecule has 0 amide bonds. The zero-order chi connectivity index (χ0) is 14.7. The van der Waals surface area contributed by atoms with Crippen LogP contribution in [0.3, 0.4) is 0 Å². The van der Waals surface area contributed by atoms with Crippen LogP contribution in [0.4, 0.5) is 0 Å². The first kappa shape index (κ1) is 14.1. The molecule has 0 radical (unpaired) electrons. The summed E-state index contributed by atoms with van der Waals surface area (Å²) in [6.07, 6.45) is 4.16. The minimum atomic E-state index is 0.0989. The molecule has 0 N–H and O–H groups in total. The topological polar surface area (TPSA) is 25.2 Å². The zero-order valence-corrected chi connectivity index (χ0v) is 12.4. The van der Waals surface area contributed by atoms with Crippen LogP contribution in [0, 0.1) is 5.92 Å². The molecule has 1 aromatic heterocycles. The standard InChI is InChI=1S/C18H22N2O/c1-2-6-15-13-19(14-15)11-5-12-20-17-8-4-3-7-16(17)9-10-18(20)21/h2-4,7-10,15H,1,5-6,11-14H2. The van der Waals surface area contributed by atoms with Crippen LogP contribution < -0.4 is 5.56 Å². The summed E-state index contributed by atoms with van der Waals surface area (Å²) in [4.78, 5) is 14.5. The predicted molar refractivity (Wildman–Crippen MR) is 87.6 cm³/mol. The van der Waals surface area contributed by atoms with Crippen molar-refractivity contribution in [2.24, 2.45) is 5.92 Å². The summed E-state index contributed by atoms with van der Waals surface area (Å²) in [6.45, 7) is 8.01. The van der Waals surface area contributed by atoms with Gasteiger partial charge in [0, 0.05) is 25.7 Å². The van der Waals surface area contributed by atoms with Crippen LogP contribution in [0.1, 0.15) is 12.8 Å². The van der Waals surface area contributed by atoms with Gasteiger partial charge < -0.3 is 9.47 Å². The van der Waals surface area contributed by atoms with Crippen LogP contribution in [0.15, 0.2) is 53.8 Å². The number of benzene rings is 1. The summed E-state index contributed by atoms with van der Waals surface area (Å²) in [6, 6.07) is 11.7. The first-order valence-electron chi connectivity index (χ1n) is 7.70. The molecule has 0 aliphatic carbocycles. The average molecular weight is 282 g/mol. The van der Waals surface area contributed by atoms with Gasteiger partial charge in [-0.25, -0.2) is 0 Å². The molecular weight excluding hydrogens is 260 g/mol. The van der Waals surface area contributed by atoms with E-state index in [4.69, 9.17) is 0 Å². The van der Waals surface area contributed by atoms with E-state index in [-0.39, 0.29) is 5.56 Å². The van der Waals surface area contributed by atoms with Crippen LogP contribution in [0.2, 0.25) is 0 Å². The Morgan fingerprint density at radius 3 is 2.76 bits per heavy atom. The third-order valence-corrected chi connectivity index (χ3v) is 4.29. The maximum atomic E-state index is 12.1. The highest BCUT2D eigenvalue weighted by atomic mass is 16.1. The second kappa shape index (κ2) is 6.27. The van der Waals surface area contributed by atoms with Crippen molar-refractivity contribution in [3.8, 4) is 0 Å². The first-order chi connectivity index (χ1) is 10.3. The number of nitrogens with zero attached hydrogens (tertiary/aromatic N) is 2. The van der Waals surface area contributed by atoms with Gasteiger partial charge in [0.05, 0.1) is 5.52 Å². The van der Waals surface area contributed by atoms with Crippen LogP contribution >= 0.6 is 0 Å². The molecule has 21 heavy (non-hydrogen) atoms. The molecule has 1 aliphatic heterocycles. The highest BCUT2D eigenvalue weighted by molar-refractivity contribution is 5.78. The molecule has 3 heteroatoms. The van der Waals surface area contributed by atoms with Gasteiger partial charge in [-0.05, 0) is 42.8 Å². The Morgan fingerprint density at radius 1 is 1.14 bits per heavy atom. The minimum absolute atomic E-state index is 0.0989. The molecule has 0 bridgehead atoms. The lowest BCUT2D eigenvalue weighted by Gasteiger charge is -2.39. The van der Waals surface area contributed by atoms with E-state index in [0.29, 0.717) is 0 Å². The third-order valence-electron chi connectivity index (χ3n) is 4.29. The van der Waals surface area contributed by atoms with Gasteiger partial charge in [0.25, 0.3) is 5.56 Å². The predicted octanol–water partition coefficient (Wildman–Crippen LogP) is 2.90. The van der Waals surface area contributed by atoms with Gasteiger partial charge in [0.15, 0.2) is 0 Å². The lowest BCUT2D eigenvalue weighted by molar-refractivity contribution is 0.0997. The number of allylic oxidation sites excluding steroid dienone is 1. The van der Waals surface area contributed by atoms with E-state index >= 15 is 0 Å². The van der Waals surface area contributed by atoms with Crippen molar-refractivity contribution < 1.29 is 0 Å². The molecule has 0 saturated carbocycles. The summed E-state index contributed by atoms with van der Waals surface area (Å²) in [5, 5.41) is 1.13. The number of hydrogen-bond donors (Lipinski definition) is 0. The maximum absolute atomic E-state index is 12.1. The van der Waals surface area contributed by atoms with E-state index in [0.717, 1.165) is 42.8 Å². The fourth-order valence-corrected chi connectivity index (χ4v) is 3.17. The van der Waals surface area contributed by atoms with Gasteiger partial charge in [0.2, 0.25) is 0 Å². The number of likely N-dealkylation sites (tertiary alicyclic amines) is 1. The van der Waals surface area contributed by atoms with Crippen LogP contribution in [0.5, 0.6) is 0 Å².